The Morgan fingerprint density at radius 1 is 1.24 bits per heavy atom. The first-order valence-electron chi connectivity index (χ1n) is 5.20. The topological polar surface area (TPSA) is 91.3 Å². The molecule has 1 aromatic heterocycles. The molecule has 1 rings (SSSR count). The molecule has 1 aromatic rings. The number of hydrogen-bond donors (Lipinski definition) is 3. The number of carbonyl (C=O) groups excluding carboxylic acids is 1. The van der Waals surface area contributed by atoms with Gasteiger partial charge in [0.15, 0.2) is 0 Å². The highest BCUT2D eigenvalue weighted by molar-refractivity contribution is 5.82. The smallest absolute Gasteiger partial charge is 0.325 e. The molecule has 0 radical (unpaired) electrons. The number of nitrogens with zero attached hydrogens (tertiary/aromatic N) is 1. The van der Waals surface area contributed by atoms with Crippen LogP contribution in [0.4, 0.5) is 4.79 Å². The van der Waals surface area contributed by atoms with Crippen molar-refractivity contribution in [1.82, 2.24) is 15.6 Å². The zero-order chi connectivity index (χ0) is 12.8. The van der Waals surface area contributed by atoms with Gasteiger partial charge in [0.1, 0.15) is 6.04 Å². The number of aromatic nitrogens is 1. The van der Waals surface area contributed by atoms with Gasteiger partial charge in [0.25, 0.3) is 0 Å². The number of rotatable bonds is 4. The number of hydrogen-bond acceptors (Lipinski definition) is 3. The molecule has 0 aliphatic carbocycles. The second kappa shape index (κ2) is 5.83. The summed E-state index contributed by atoms with van der Waals surface area (Å²) in [6.45, 7) is 3.21. The van der Waals surface area contributed by atoms with Gasteiger partial charge in [-0.05, 0) is 31.5 Å². The summed E-state index contributed by atoms with van der Waals surface area (Å²) >= 11 is 0. The molecule has 0 bridgehead atoms. The third kappa shape index (κ3) is 4.10. The number of carboxylic acid groups (broad SMARTS) is 1. The van der Waals surface area contributed by atoms with Crippen LogP contribution in [0.15, 0.2) is 24.5 Å². The van der Waals surface area contributed by atoms with Crippen molar-refractivity contribution in [2.75, 3.05) is 0 Å². The number of nitrogens with one attached hydrogen (secondary N) is 2. The molecule has 6 nitrogen and oxygen atoms in total. The lowest BCUT2D eigenvalue weighted by Crippen LogP contribution is -2.45. The number of carboxylic acids is 1. The average Bonchev–Trinajstić information content (AvgIpc) is 2.29. The highest BCUT2D eigenvalue weighted by Crippen LogP contribution is 2.09. The van der Waals surface area contributed by atoms with Gasteiger partial charge in [-0.1, -0.05) is 0 Å². The van der Waals surface area contributed by atoms with Crippen LogP contribution in [0, 0.1) is 0 Å². The second-order valence-corrected chi connectivity index (χ2v) is 3.68. The molecule has 6 heteroatoms. The zero-order valence-corrected chi connectivity index (χ0v) is 9.68. The third-order valence-corrected chi connectivity index (χ3v) is 2.27. The molecule has 0 aromatic carbocycles. The fraction of sp³-hybridized carbons (Fsp3) is 0.364. The summed E-state index contributed by atoms with van der Waals surface area (Å²) < 4.78 is 0. The number of urea groups is 1. The van der Waals surface area contributed by atoms with Crippen molar-refractivity contribution >= 4 is 12.0 Å². The fourth-order valence-electron chi connectivity index (χ4n) is 1.23. The molecule has 0 spiro atoms. The number of aliphatic carboxylic acids is 1. The van der Waals surface area contributed by atoms with Crippen molar-refractivity contribution in [3.05, 3.63) is 30.1 Å². The molecular formula is C11H15N3O3. The van der Waals surface area contributed by atoms with E-state index in [1.807, 2.05) is 0 Å². The SMILES string of the molecule is CC(NC(=O)N[C@H](C)C(=O)O)c1ccncc1. The monoisotopic (exact) mass is 237 g/mol. The van der Waals surface area contributed by atoms with Crippen LogP contribution in [0.3, 0.4) is 0 Å². The van der Waals surface area contributed by atoms with Crippen molar-refractivity contribution in [1.29, 1.82) is 0 Å². The predicted octanol–water partition coefficient (Wildman–Crippen LogP) is 0.915. The molecule has 1 unspecified atom stereocenters. The molecule has 0 aliphatic rings. The van der Waals surface area contributed by atoms with E-state index in [2.05, 4.69) is 15.6 Å². The van der Waals surface area contributed by atoms with Crippen LogP contribution >= 0.6 is 0 Å². The maximum absolute atomic E-state index is 11.4. The first-order chi connectivity index (χ1) is 8.00. The third-order valence-electron chi connectivity index (χ3n) is 2.27. The first kappa shape index (κ1) is 13.0. The molecule has 0 fully saturated rings. The molecular weight excluding hydrogens is 222 g/mol. The minimum Gasteiger partial charge on any atom is -0.480 e. The lowest BCUT2D eigenvalue weighted by atomic mass is 10.1. The molecule has 17 heavy (non-hydrogen) atoms. The predicted molar refractivity (Wildman–Crippen MR) is 61.4 cm³/mol. The Hall–Kier alpha value is -2.11. The van der Waals surface area contributed by atoms with Gasteiger partial charge in [-0.25, -0.2) is 4.79 Å². The summed E-state index contributed by atoms with van der Waals surface area (Å²) in [6.07, 6.45) is 3.26. The van der Waals surface area contributed by atoms with E-state index in [0.29, 0.717) is 0 Å². The first-order valence-corrected chi connectivity index (χ1v) is 5.20. The van der Waals surface area contributed by atoms with E-state index in [9.17, 15) is 9.59 Å². The quantitative estimate of drug-likeness (QED) is 0.726. The van der Waals surface area contributed by atoms with E-state index >= 15 is 0 Å². The molecule has 0 saturated heterocycles. The van der Waals surface area contributed by atoms with E-state index in [1.165, 1.54) is 6.92 Å². The highest BCUT2D eigenvalue weighted by Gasteiger charge is 2.15. The van der Waals surface area contributed by atoms with Crippen molar-refractivity contribution < 1.29 is 14.7 Å². The van der Waals surface area contributed by atoms with Gasteiger partial charge in [-0.3, -0.25) is 9.78 Å². The average molecular weight is 237 g/mol. The van der Waals surface area contributed by atoms with E-state index in [-0.39, 0.29) is 6.04 Å². The second-order valence-electron chi connectivity index (χ2n) is 3.68. The summed E-state index contributed by atoms with van der Waals surface area (Å²) in [4.78, 5) is 25.9. The fourth-order valence-corrected chi connectivity index (χ4v) is 1.23. The van der Waals surface area contributed by atoms with Crippen molar-refractivity contribution in [2.24, 2.45) is 0 Å². The van der Waals surface area contributed by atoms with Gasteiger partial charge in [-0.15, -0.1) is 0 Å². The molecule has 1 heterocycles. The lowest BCUT2D eigenvalue weighted by Gasteiger charge is -2.16. The summed E-state index contributed by atoms with van der Waals surface area (Å²) in [5.41, 5.74) is 0.901. The van der Waals surface area contributed by atoms with E-state index < -0.39 is 18.0 Å². The minimum absolute atomic E-state index is 0.209. The van der Waals surface area contributed by atoms with E-state index in [1.54, 1.807) is 31.5 Å². The van der Waals surface area contributed by atoms with Crippen molar-refractivity contribution in [2.45, 2.75) is 25.9 Å². The van der Waals surface area contributed by atoms with Gasteiger partial charge >= 0.3 is 12.0 Å². The molecule has 2 amide bonds. The normalized spacial score (nSPS) is 13.5. The minimum atomic E-state index is -1.07. The Balaban J connectivity index is 2.49. The van der Waals surface area contributed by atoms with Crippen LogP contribution in [0.25, 0.3) is 0 Å². The van der Waals surface area contributed by atoms with Crippen LogP contribution in [-0.4, -0.2) is 28.1 Å². The summed E-state index contributed by atoms with van der Waals surface area (Å²) in [5, 5.41) is 13.6. The number of carbonyl (C=O) groups is 2. The molecule has 92 valence electrons. The summed E-state index contributed by atoms with van der Waals surface area (Å²) in [5.74, 6) is -1.07. The summed E-state index contributed by atoms with van der Waals surface area (Å²) in [6, 6.07) is 1.93. The van der Waals surface area contributed by atoms with Crippen molar-refractivity contribution in [3.63, 3.8) is 0 Å². The van der Waals surface area contributed by atoms with Gasteiger partial charge in [-0.2, -0.15) is 0 Å². The van der Waals surface area contributed by atoms with Gasteiger partial charge in [0.05, 0.1) is 6.04 Å². The van der Waals surface area contributed by atoms with Crippen LogP contribution < -0.4 is 10.6 Å². The molecule has 3 N–H and O–H groups in total. The molecule has 0 saturated carbocycles. The number of pyridine rings is 1. The largest absolute Gasteiger partial charge is 0.480 e. The van der Waals surface area contributed by atoms with Gasteiger partial charge in [0, 0.05) is 12.4 Å². The lowest BCUT2D eigenvalue weighted by molar-refractivity contribution is -0.138. The standard InChI is InChI=1S/C11H15N3O3/c1-7(9-3-5-12-6-4-9)13-11(17)14-8(2)10(15)16/h3-8H,1-2H3,(H,15,16)(H2,13,14,17)/t7?,8-/m1/s1. The zero-order valence-electron chi connectivity index (χ0n) is 9.68. The van der Waals surface area contributed by atoms with Crippen LogP contribution in [-0.2, 0) is 4.79 Å². The number of amides is 2. The Bertz CT molecular complexity index is 394. The van der Waals surface area contributed by atoms with Gasteiger partial charge < -0.3 is 15.7 Å². The Kier molecular flexibility index (Phi) is 4.45. The van der Waals surface area contributed by atoms with E-state index in [4.69, 9.17) is 5.11 Å². The van der Waals surface area contributed by atoms with Gasteiger partial charge in [0.2, 0.25) is 0 Å². The van der Waals surface area contributed by atoms with Crippen molar-refractivity contribution in [3.8, 4) is 0 Å². The molecule has 0 aliphatic heterocycles. The Morgan fingerprint density at radius 3 is 2.35 bits per heavy atom. The maximum Gasteiger partial charge on any atom is 0.325 e. The van der Waals surface area contributed by atoms with Crippen LogP contribution in [0.1, 0.15) is 25.5 Å². The Labute approximate surface area is 99.1 Å². The van der Waals surface area contributed by atoms with Crippen LogP contribution in [0.5, 0.6) is 0 Å². The highest BCUT2D eigenvalue weighted by atomic mass is 16.4. The van der Waals surface area contributed by atoms with E-state index in [0.717, 1.165) is 5.56 Å². The molecule has 2 atom stereocenters. The summed E-state index contributed by atoms with van der Waals surface area (Å²) in [7, 11) is 0. The maximum atomic E-state index is 11.4. The van der Waals surface area contributed by atoms with Crippen LogP contribution in [0.2, 0.25) is 0 Å². The Morgan fingerprint density at radius 2 is 1.82 bits per heavy atom.